The third kappa shape index (κ3) is 6.07. The lowest BCUT2D eigenvalue weighted by atomic mass is 9.99. The van der Waals surface area contributed by atoms with Crippen LogP contribution in [0.4, 0.5) is 0 Å². The fraction of sp³-hybridized carbons (Fsp3) is 0.474. The number of aliphatic imine (C=N–C) groups is 1. The predicted octanol–water partition coefficient (Wildman–Crippen LogP) is 5.32. The smallest absolute Gasteiger partial charge is 0.0432 e. The highest BCUT2D eigenvalue weighted by molar-refractivity contribution is 5.31. The van der Waals surface area contributed by atoms with E-state index in [1.54, 1.807) is 0 Å². The molecule has 0 bridgehead atoms. The number of aryl methyl sites for hydroxylation is 1. The van der Waals surface area contributed by atoms with Gasteiger partial charge in [0.25, 0.3) is 0 Å². The van der Waals surface area contributed by atoms with Gasteiger partial charge in [-0.2, -0.15) is 0 Å². The Hall–Kier alpha value is -1.70. The second kappa shape index (κ2) is 8.56. The normalized spacial score (nSPS) is 13.1. The third-order valence-corrected chi connectivity index (χ3v) is 3.53. The van der Waals surface area contributed by atoms with Gasteiger partial charge in [-0.15, -0.1) is 0 Å². The standard InChI is InChI=1S/C19H28N2/c1-14(2)10-13-19(20-6)16(5)11-12-17-8-7-9-18(21-17)15(3)4/h7-10,13,15-16H,6,11-12H2,1-5H3/b19-13-. The fourth-order valence-corrected chi connectivity index (χ4v) is 2.10. The van der Waals surface area contributed by atoms with Gasteiger partial charge in [-0.3, -0.25) is 9.98 Å². The summed E-state index contributed by atoms with van der Waals surface area (Å²) in [5.41, 5.74) is 4.66. The van der Waals surface area contributed by atoms with Gasteiger partial charge in [0.1, 0.15) is 0 Å². The van der Waals surface area contributed by atoms with Gasteiger partial charge in [-0.25, -0.2) is 0 Å². The summed E-state index contributed by atoms with van der Waals surface area (Å²) in [7, 11) is 0. The quantitative estimate of drug-likeness (QED) is 0.491. The molecule has 1 rings (SSSR count). The van der Waals surface area contributed by atoms with Crippen molar-refractivity contribution < 1.29 is 0 Å². The second-order valence-corrected chi connectivity index (χ2v) is 6.14. The van der Waals surface area contributed by atoms with Crippen LogP contribution in [0.2, 0.25) is 0 Å². The summed E-state index contributed by atoms with van der Waals surface area (Å²) >= 11 is 0. The van der Waals surface area contributed by atoms with E-state index < -0.39 is 0 Å². The molecule has 0 fully saturated rings. The van der Waals surface area contributed by atoms with Crippen molar-refractivity contribution in [2.75, 3.05) is 0 Å². The molecule has 0 radical (unpaired) electrons. The molecule has 0 amide bonds. The minimum Gasteiger partial charge on any atom is -0.269 e. The highest BCUT2D eigenvalue weighted by Crippen LogP contribution is 2.19. The van der Waals surface area contributed by atoms with Crippen molar-refractivity contribution in [3.63, 3.8) is 0 Å². The lowest BCUT2D eigenvalue weighted by Gasteiger charge is -2.12. The first kappa shape index (κ1) is 17.4. The van der Waals surface area contributed by atoms with Crippen molar-refractivity contribution in [3.05, 3.63) is 53.0 Å². The maximum atomic E-state index is 4.73. The lowest BCUT2D eigenvalue weighted by Crippen LogP contribution is -2.03. The zero-order chi connectivity index (χ0) is 15.8. The molecule has 1 aromatic heterocycles. The van der Waals surface area contributed by atoms with Crippen LogP contribution in [-0.4, -0.2) is 11.7 Å². The Bertz CT molecular complexity index is 520. The van der Waals surface area contributed by atoms with Crippen molar-refractivity contribution in [2.24, 2.45) is 10.9 Å². The molecule has 1 atom stereocenters. The zero-order valence-electron chi connectivity index (χ0n) is 14.1. The first-order valence-corrected chi connectivity index (χ1v) is 7.71. The average molecular weight is 284 g/mol. The van der Waals surface area contributed by atoms with Crippen molar-refractivity contribution in [2.45, 2.75) is 53.4 Å². The fourth-order valence-electron chi connectivity index (χ4n) is 2.10. The monoisotopic (exact) mass is 284 g/mol. The van der Waals surface area contributed by atoms with Crippen LogP contribution in [0.1, 0.15) is 58.3 Å². The van der Waals surface area contributed by atoms with Crippen molar-refractivity contribution in [3.8, 4) is 0 Å². The lowest BCUT2D eigenvalue weighted by molar-refractivity contribution is 0.600. The van der Waals surface area contributed by atoms with E-state index in [2.05, 4.69) is 76.7 Å². The molecule has 0 aliphatic heterocycles. The van der Waals surface area contributed by atoms with Gasteiger partial charge in [0.05, 0.1) is 0 Å². The first-order chi connectivity index (χ1) is 9.93. The maximum absolute atomic E-state index is 4.73. The van der Waals surface area contributed by atoms with E-state index >= 15 is 0 Å². The Morgan fingerprint density at radius 2 is 1.95 bits per heavy atom. The SMILES string of the molecule is C=N/C(=C\C=C(C)C)C(C)CCc1cccc(C(C)C)n1. The largest absolute Gasteiger partial charge is 0.269 e. The molecule has 1 heterocycles. The Labute approximate surface area is 129 Å². The van der Waals surface area contributed by atoms with Crippen LogP contribution < -0.4 is 0 Å². The van der Waals surface area contributed by atoms with Crippen LogP contribution >= 0.6 is 0 Å². The van der Waals surface area contributed by atoms with Crippen LogP contribution in [0.25, 0.3) is 0 Å². The molecule has 2 nitrogen and oxygen atoms in total. The molecular weight excluding hydrogens is 256 g/mol. The van der Waals surface area contributed by atoms with E-state index in [1.807, 2.05) is 0 Å². The average Bonchev–Trinajstić information content (AvgIpc) is 2.45. The van der Waals surface area contributed by atoms with Gasteiger partial charge in [0.2, 0.25) is 0 Å². The predicted molar refractivity (Wildman–Crippen MR) is 92.9 cm³/mol. The summed E-state index contributed by atoms with van der Waals surface area (Å²) in [6.45, 7) is 14.4. The molecule has 0 aliphatic rings. The molecule has 0 saturated carbocycles. The van der Waals surface area contributed by atoms with Crippen molar-refractivity contribution in [1.82, 2.24) is 4.98 Å². The van der Waals surface area contributed by atoms with Gasteiger partial charge >= 0.3 is 0 Å². The van der Waals surface area contributed by atoms with Crippen LogP contribution in [0, 0.1) is 5.92 Å². The van der Waals surface area contributed by atoms with E-state index in [4.69, 9.17) is 4.98 Å². The van der Waals surface area contributed by atoms with Crippen LogP contribution in [0.5, 0.6) is 0 Å². The molecule has 0 spiro atoms. The highest BCUT2D eigenvalue weighted by Gasteiger charge is 2.08. The number of hydrogen-bond acceptors (Lipinski definition) is 2. The Balaban J connectivity index is 2.69. The van der Waals surface area contributed by atoms with Crippen LogP contribution in [0.3, 0.4) is 0 Å². The van der Waals surface area contributed by atoms with Gasteiger partial charge in [0, 0.05) is 17.1 Å². The van der Waals surface area contributed by atoms with E-state index in [1.165, 1.54) is 17.0 Å². The van der Waals surface area contributed by atoms with E-state index in [0.717, 1.165) is 18.5 Å². The first-order valence-electron chi connectivity index (χ1n) is 7.71. The van der Waals surface area contributed by atoms with Crippen molar-refractivity contribution in [1.29, 1.82) is 0 Å². The Kier molecular flexibility index (Phi) is 7.07. The molecule has 1 aromatic rings. The van der Waals surface area contributed by atoms with Gasteiger partial charge < -0.3 is 0 Å². The minimum absolute atomic E-state index is 0.391. The summed E-state index contributed by atoms with van der Waals surface area (Å²) in [5.74, 6) is 0.868. The molecule has 21 heavy (non-hydrogen) atoms. The third-order valence-electron chi connectivity index (χ3n) is 3.53. The number of allylic oxidation sites excluding steroid dienone is 4. The van der Waals surface area contributed by atoms with Crippen LogP contribution in [0.15, 0.2) is 46.6 Å². The molecule has 0 saturated heterocycles. The van der Waals surface area contributed by atoms with Crippen LogP contribution in [-0.2, 0) is 6.42 Å². The number of aromatic nitrogens is 1. The molecule has 1 unspecified atom stereocenters. The number of nitrogens with zero attached hydrogens (tertiary/aromatic N) is 2. The molecule has 0 aliphatic carbocycles. The summed E-state index contributed by atoms with van der Waals surface area (Å²) in [6, 6.07) is 6.32. The van der Waals surface area contributed by atoms with Crippen molar-refractivity contribution >= 4 is 6.72 Å². The van der Waals surface area contributed by atoms with E-state index in [-0.39, 0.29) is 0 Å². The van der Waals surface area contributed by atoms with Gasteiger partial charge in [-0.1, -0.05) is 38.5 Å². The molecule has 114 valence electrons. The molecular formula is C19H28N2. The Morgan fingerprint density at radius 3 is 2.52 bits per heavy atom. The summed E-state index contributed by atoms with van der Waals surface area (Å²) < 4.78 is 0. The molecule has 0 N–H and O–H groups in total. The summed E-state index contributed by atoms with van der Waals surface area (Å²) in [5, 5.41) is 0. The van der Waals surface area contributed by atoms with E-state index in [0.29, 0.717) is 11.8 Å². The summed E-state index contributed by atoms with van der Waals surface area (Å²) in [6.07, 6.45) is 6.18. The van der Waals surface area contributed by atoms with E-state index in [9.17, 15) is 0 Å². The number of hydrogen-bond donors (Lipinski definition) is 0. The number of pyridine rings is 1. The zero-order valence-corrected chi connectivity index (χ0v) is 14.1. The maximum Gasteiger partial charge on any atom is 0.0432 e. The molecule has 2 heteroatoms. The molecule has 0 aromatic carbocycles. The summed E-state index contributed by atoms with van der Waals surface area (Å²) in [4.78, 5) is 8.89. The van der Waals surface area contributed by atoms with Gasteiger partial charge in [-0.05, 0) is 63.5 Å². The minimum atomic E-state index is 0.391. The number of rotatable bonds is 7. The highest BCUT2D eigenvalue weighted by atomic mass is 14.7. The Morgan fingerprint density at radius 1 is 1.24 bits per heavy atom. The van der Waals surface area contributed by atoms with Gasteiger partial charge in [0.15, 0.2) is 0 Å². The topological polar surface area (TPSA) is 25.2 Å². The second-order valence-electron chi connectivity index (χ2n) is 6.14.